The first-order valence-electron chi connectivity index (χ1n) is 10.2. The molecule has 0 radical (unpaired) electrons. The van der Waals surface area contributed by atoms with Gasteiger partial charge in [0.15, 0.2) is 5.78 Å². The van der Waals surface area contributed by atoms with E-state index in [2.05, 4.69) is 26.8 Å². The van der Waals surface area contributed by atoms with E-state index < -0.39 is 0 Å². The van der Waals surface area contributed by atoms with Crippen LogP contribution < -0.4 is 0 Å². The molecule has 0 spiro atoms. The Morgan fingerprint density at radius 1 is 1.16 bits per heavy atom. The van der Waals surface area contributed by atoms with Crippen LogP contribution in [0.5, 0.6) is 0 Å². The van der Waals surface area contributed by atoms with Crippen LogP contribution >= 0.6 is 0 Å². The molecule has 2 saturated carbocycles. The van der Waals surface area contributed by atoms with Gasteiger partial charge < -0.3 is 0 Å². The second-order valence-electron chi connectivity index (χ2n) is 9.65. The molecule has 5 atom stereocenters. The summed E-state index contributed by atoms with van der Waals surface area (Å²) in [6.45, 7) is 9.03. The summed E-state index contributed by atoms with van der Waals surface area (Å²) >= 11 is 0. The number of ketones is 2. The van der Waals surface area contributed by atoms with E-state index in [0.29, 0.717) is 36.2 Å². The summed E-state index contributed by atoms with van der Waals surface area (Å²) in [7, 11) is 0. The van der Waals surface area contributed by atoms with Gasteiger partial charge in [0.2, 0.25) is 0 Å². The molecule has 0 saturated heterocycles. The highest BCUT2D eigenvalue weighted by Crippen LogP contribution is 2.68. The molecule has 2 unspecified atom stereocenters. The van der Waals surface area contributed by atoms with E-state index in [1.54, 1.807) is 5.57 Å². The fourth-order valence-electron chi connectivity index (χ4n) is 6.96. The van der Waals surface area contributed by atoms with Gasteiger partial charge in [-0.25, -0.2) is 0 Å². The molecular formula is C23H32O2. The minimum absolute atomic E-state index is 0.103. The Bertz CT molecular complexity index is 699. The molecule has 25 heavy (non-hydrogen) atoms. The first-order valence-corrected chi connectivity index (χ1v) is 10.2. The molecule has 0 amide bonds. The fourth-order valence-corrected chi connectivity index (χ4v) is 6.96. The molecule has 2 fully saturated rings. The number of Topliss-reactive ketones (excluding diaryl/α,β-unsaturated/α-hetero) is 1. The maximum absolute atomic E-state index is 12.8. The van der Waals surface area contributed by atoms with Crippen molar-refractivity contribution < 1.29 is 9.59 Å². The average molecular weight is 341 g/mol. The van der Waals surface area contributed by atoms with Crippen LogP contribution in [0.25, 0.3) is 0 Å². The number of hydrogen-bond acceptors (Lipinski definition) is 2. The predicted octanol–water partition coefficient (Wildman–Crippen LogP) is 5.42. The number of carbonyl (C=O) groups excluding carboxylic acids is 2. The van der Waals surface area contributed by atoms with Gasteiger partial charge >= 0.3 is 0 Å². The monoisotopic (exact) mass is 340 g/mol. The predicted molar refractivity (Wildman–Crippen MR) is 100 cm³/mol. The summed E-state index contributed by atoms with van der Waals surface area (Å²) in [5, 5.41) is 0. The van der Waals surface area contributed by atoms with Crippen molar-refractivity contribution in [1.82, 2.24) is 0 Å². The van der Waals surface area contributed by atoms with Gasteiger partial charge in [-0.3, -0.25) is 9.59 Å². The van der Waals surface area contributed by atoms with Crippen LogP contribution in [0, 0.1) is 28.1 Å². The van der Waals surface area contributed by atoms with Crippen molar-refractivity contribution in [2.75, 3.05) is 0 Å². The average Bonchev–Trinajstić information content (AvgIpc) is 2.87. The molecule has 0 aromatic rings. The lowest BCUT2D eigenvalue weighted by atomic mass is 9.49. The molecule has 0 aliphatic heterocycles. The molecule has 4 aliphatic carbocycles. The third kappa shape index (κ3) is 2.09. The number of carbonyl (C=O) groups is 2. The topological polar surface area (TPSA) is 34.1 Å². The maximum atomic E-state index is 12.8. The van der Waals surface area contributed by atoms with Crippen molar-refractivity contribution in [3.8, 4) is 0 Å². The molecule has 2 nitrogen and oxygen atoms in total. The number of hydrogen-bond donors (Lipinski definition) is 0. The summed E-state index contributed by atoms with van der Waals surface area (Å²) in [6.07, 6.45) is 12.3. The molecule has 0 bridgehead atoms. The maximum Gasteiger partial charge on any atom is 0.155 e. The summed E-state index contributed by atoms with van der Waals surface area (Å²) in [4.78, 5) is 24.7. The Hall–Kier alpha value is -1.18. The van der Waals surface area contributed by atoms with Crippen molar-refractivity contribution in [1.29, 1.82) is 0 Å². The lowest BCUT2D eigenvalue weighted by Gasteiger charge is -2.55. The molecule has 4 rings (SSSR count). The molecule has 4 aliphatic rings. The minimum Gasteiger partial charge on any atom is -0.299 e. The zero-order valence-corrected chi connectivity index (χ0v) is 16.3. The van der Waals surface area contributed by atoms with E-state index in [1.807, 2.05) is 13.0 Å². The van der Waals surface area contributed by atoms with E-state index in [4.69, 9.17) is 0 Å². The van der Waals surface area contributed by atoms with Gasteiger partial charge in [0.25, 0.3) is 0 Å². The second kappa shape index (κ2) is 5.41. The molecule has 2 heteroatoms. The number of fused-ring (bicyclic) bond motifs is 5. The Morgan fingerprint density at radius 3 is 2.64 bits per heavy atom. The normalized spacial score (nSPS) is 45.8. The van der Waals surface area contributed by atoms with Crippen molar-refractivity contribution >= 4 is 11.6 Å². The van der Waals surface area contributed by atoms with Crippen LogP contribution in [0.2, 0.25) is 0 Å². The largest absolute Gasteiger partial charge is 0.299 e. The van der Waals surface area contributed by atoms with Gasteiger partial charge in [0.1, 0.15) is 5.78 Å². The summed E-state index contributed by atoms with van der Waals surface area (Å²) in [5.74, 6) is 2.01. The van der Waals surface area contributed by atoms with Crippen LogP contribution in [0.3, 0.4) is 0 Å². The lowest BCUT2D eigenvalue weighted by molar-refractivity contribution is -0.135. The molecule has 0 aromatic heterocycles. The van der Waals surface area contributed by atoms with Crippen LogP contribution in [-0.4, -0.2) is 11.6 Å². The van der Waals surface area contributed by atoms with Gasteiger partial charge in [-0.1, -0.05) is 44.9 Å². The third-order valence-corrected chi connectivity index (χ3v) is 8.88. The summed E-state index contributed by atoms with van der Waals surface area (Å²) < 4.78 is 0. The highest BCUT2D eigenvalue weighted by molar-refractivity contribution is 5.92. The van der Waals surface area contributed by atoms with Crippen molar-refractivity contribution in [2.45, 2.75) is 79.1 Å². The zero-order chi connectivity index (χ0) is 18.0. The first kappa shape index (κ1) is 17.2. The minimum atomic E-state index is -0.159. The van der Waals surface area contributed by atoms with E-state index >= 15 is 0 Å². The van der Waals surface area contributed by atoms with Crippen LogP contribution in [0.1, 0.15) is 79.1 Å². The Kier molecular flexibility index (Phi) is 3.73. The smallest absolute Gasteiger partial charge is 0.155 e. The van der Waals surface area contributed by atoms with Crippen LogP contribution in [-0.2, 0) is 9.59 Å². The molecular weight excluding hydrogens is 308 g/mol. The van der Waals surface area contributed by atoms with Crippen molar-refractivity contribution in [3.05, 3.63) is 23.3 Å². The zero-order valence-electron chi connectivity index (χ0n) is 16.3. The SMILES string of the molecule is CCC(=O)[C@@]1(C)CCC2C3CCC4=CC(=O)CC[C@]4(C)C3=CC[C@@]21C. The molecule has 0 heterocycles. The van der Waals surface area contributed by atoms with Gasteiger partial charge in [0, 0.05) is 23.7 Å². The molecule has 136 valence electrons. The van der Waals surface area contributed by atoms with Gasteiger partial charge in [-0.2, -0.15) is 0 Å². The number of allylic oxidation sites excluding steroid dienone is 4. The van der Waals surface area contributed by atoms with E-state index in [-0.39, 0.29) is 16.2 Å². The summed E-state index contributed by atoms with van der Waals surface area (Å²) in [5.41, 5.74) is 3.03. The molecule has 0 N–H and O–H groups in total. The van der Waals surface area contributed by atoms with E-state index in [1.165, 1.54) is 12.0 Å². The van der Waals surface area contributed by atoms with Gasteiger partial charge in [-0.05, 0) is 61.9 Å². The van der Waals surface area contributed by atoms with Crippen molar-refractivity contribution in [3.63, 3.8) is 0 Å². The lowest BCUT2D eigenvalue weighted by Crippen LogP contribution is -2.49. The standard InChI is InChI=1S/C23H32O2/c1-5-20(25)23(4)13-10-19-17-7-6-15-14-16(24)8-11-21(15,2)18(17)9-12-22(19,23)3/h9,14,17,19H,5-8,10-13H2,1-4H3/t17?,19?,21-,22-,23+/m0/s1. The second-order valence-corrected chi connectivity index (χ2v) is 9.65. The van der Waals surface area contributed by atoms with Gasteiger partial charge in [-0.15, -0.1) is 0 Å². The first-order chi connectivity index (χ1) is 11.8. The van der Waals surface area contributed by atoms with Crippen LogP contribution in [0.4, 0.5) is 0 Å². The van der Waals surface area contributed by atoms with E-state index in [9.17, 15) is 9.59 Å². The highest BCUT2D eigenvalue weighted by Gasteiger charge is 2.62. The Balaban J connectivity index is 1.75. The van der Waals surface area contributed by atoms with Crippen LogP contribution in [0.15, 0.2) is 23.3 Å². The molecule has 0 aromatic carbocycles. The van der Waals surface area contributed by atoms with Crippen molar-refractivity contribution in [2.24, 2.45) is 28.1 Å². The summed E-state index contributed by atoms with van der Waals surface area (Å²) in [6, 6.07) is 0. The van der Waals surface area contributed by atoms with Gasteiger partial charge in [0.05, 0.1) is 0 Å². The van der Waals surface area contributed by atoms with E-state index in [0.717, 1.165) is 32.1 Å². The highest BCUT2D eigenvalue weighted by atomic mass is 16.1. The Morgan fingerprint density at radius 2 is 1.92 bits per heavy atom. The quantitative estimate of drug-likeness (QED) is 0.629. The fraction of sp³-hybridized carbons (Fsp3) is 0.739. The third-order valence-electron chi connectivity index (χ3n) is 8.88. The Labute approximate surface area is 152 Å². The number of rotatable bonds is 2.